The topological polar surface area (TPSA) is 55.8 Å². The van der Waals surface area contributed by atoms with Crippen LogP contribution in [-0.2, 0) is 5.41 Å². The normalized spacial score (nSPS) is 11.2. The molecule has 0 aromatic heterocycles. The Morgan fingerprint density at radius 3 is 2.17 bits per heavy atom. The van der Waals surface area contributed by atoms with E-state index in [-0.39, 0.29) is 22.5 Å². The van der Waals surface area contributed by atoms with Gasteiger partial charge >= 0.3 is 0 Å². The fourth-order valence-corrected chi connectivity index (χ4v) is 2.32. The van der Waals surface area contributed by atoms with Crippen LogP contribution in [0.2, 0.25) is 0 Å². The number of carbonyl (C=O) groups excluding carboxylic acids is 1. The Morgan fingerprint density at radius 1 is 0.957 bits per heavy atom. The van der Waals surface area contributed by atoms with Gasteiger partial charge in [-0.05, 0) is 41.3 Å². The van der Waals surface area contributed by atoms with Gasteiger partial charge in [-0.2, -0.15) is 0 Å². The van der Waals surface area contributed by atoms with Crippen molar-refractivity contribution in [1.82, 2.24) is 0 Å². The van der Waals surface area contributed by atoms with Gasteiger partial charge < -0.3 is 14.6 Å². The number of phenols is 1. The van der Waals surface area contributed by atoms with Gasteiger partial charge in [0.05, 0.1) is 19.8 Å². The van der Waals surface area contributed by atoms with Gasteiger partial charge in [-0.15, -0.1) is 0 Å². The number of carbonyl (C=O) groups is 1. The second-order valence-corrected chi connectivity index (χ2v) is 6.38. The van der Waals surface area contributed by atoms with E-state index in [1.54, 1.807) is 30.3 Å². The first-order valence-electron chi connectivity index (χ1n) is 7.38. The van der Waals surface area contributed by atoms with Crippen molar-refractivity contribution in [3.63, 3.8) is 0 Å². The number of hydrogen-bond acceptors (Lipinski definition) is 4. The van der Waals surface area contributed by atoms with Gasteiger partial charge in [-0.1, -0.05) is 26.8 Å². The summed E-state index contributed by atoms with van der Waals surface area (Å²) in [6.07, 6.45) is 0. The quantitative estimate of drug-likeness (QED) is 0.869. The third kappa shape index (κ3) is 3.47. The molecule has 0 bridgehead atoms. The molecule has 23 heavy (non-hydrogen) atoms. The number of methoxy groups -OCH3 is 2. The first-order chi connectivity index (χ1) is 10.8. The molecule has 122 valence electrons. The van der Waals surface area contributed by atoms with E-state index < -0.39 is 0 Å². The predicted molar refractivity (Wildman–Crippen MR) is 89.8 cm³/mol. The summed E-state index contributed by atoms with van der Waals surface area (Å²) in [7, 11) is 3.06. The SMILES string of the molecule is COc1ccc(C(=O)c2cc(C(C)(C)C)ccc2O)cc1OC. The van der Waals surface area contributed by atoms with Crippen molar-refractivity contribution in [2.75, 3.05) is 14.2 Å². The van der Waals surface area contributed by atoms with E-state index in [2.05, 4.69) is 20.8 Å². The highest BCUT2D eigenvalue weighted by Gasteiger charge is 2.20. The predicted octanol–water partition coefficient (Wildman–Crippen LogP) is 3.94. The Labute approximate surface area is 136 Å². The van der Waals surface area contributed by atoms with Crippen LogP contribution in [0.4, 0.5) is 0 Å². The van der Waals surface area contributed by atoms with Gasteiger partial charge in [0.2, 0.25) is 0 Å². The molecule has 2 aromatic rings. The highest BCUT2D eigenvalue weighted by molar-refractivity contribution is 6.11. The molecule has 0 aliphatic carbocycles. The van der Waals surface area contributed by atoms with Gasteiger partial charge in [-0.25, -0.2) is 0 Å². The molecule has 0 saturated heterocycles. The summed E-state index contributed by atoms with van der Waals surface area (Å²) in [4.78, 5) is 12.8. The number of aromatic hydroxyl groups is 1. The Hall–Kier alpha value is -2.49. The van der Waals surface area contributed by atoms with Gasteiger partial charge in [0.1, 0.15) is 5.75 Å². The van der Waals surface area contributed by atoms with Crippen LogP contribution in [0.1, 0.15) is 42.3 Å². The fraction of sp³-hybridized carbons (Fsp3) is 0.316. The van der Waals surface area contributed by atoms with E-state index in [4.69, 9.17) is 9.47 Å². The van der Waals surface area contributed by atoms with Crippen LogP contribution in [0.15, 0.2) is 36.4 Å². The number of phenolic OH excluding ortho intramolecular Hbond substituents is 1. The molecule has 2 aromatic carbocycles. The molecule has 0 aliphatic rings. The van der Waals surface area contributed by atoms with Crippen molar-refractivity contribution in [2.45, 2.75) is 26.2 Å². The van der Waals surface area contributed by atoms with Crippen LogP contribution < -0.4 is 9.47 Å². The number of hydrogen-bond donors (Lipinski definition) is 1. The summed E-state index contributed by atoms with van der Waals surface area (Å²) >= 11 is 0. The lowest BCUT2D eigenvalue weighted by Gasteiger charge is -2.20. The van der Waals surface area contributed by atoms with Crippen LogP contribution in [0.25, 0.3) is 0 Å². The molecule has 1 N–H and O–H groups in total. The summed E-state index contributed by atoms with van der Waals surface area (Å²) < 4.78 is 10.4. The van der Waals surface area contributed by atoms with Crippen molar-refractivity contribution in [3.8, 4) is 17.2 Å². The zero-order valence-electron chi connectivity index (χ0n) is 14.1. The molecule has 0 spiro atoms. The zero-order chi connectivity index (χ0) is 17.2. The van der Waals surface area contributed by atoms with E-state index in [1.165, 1.54) is 14.2 Å². The molecule has 0 unspecified atom stereocenters. The van der Waals surface area contributed by atoms with E-state index >= 15 is 0 Å². The van der Waals surface area contributed by atoms with Gasteiger partial charge in [0.25, 0.3) is 0 Å². The molecular weight excluding hydrogens is 292 g/mol. The zero-order valence-corrected chi connectivity index (χ0v) is 14.1. The molecule has 2 rings (SSSR count). The number of ketones is 1. The molecule has 4 heteroatoms. The molecule has 0 amide bonds. The molecule has 0 fully saturated rings. The maximum Gasteiger partial charge on any atom is 0.196 e. The standard InChI is InChI=1S/C19H22O4/c1-19(2,3)13-7-8-15(20)14(11-13)18(21)12-6-9-16(22-4)17(10-12)23-5/h6-11,20H,1-5H3. The van der Waals surface area contributed by atoms with E-state index in [1.807, 2.05) is 6.07 Å². The molecule has 0 radical (unpaired) electrons. The van der Waals surface area contributed by atoms with E-state index in [0.29, 0.717) is 17.1 Å². The van der Waals surface area contributed by atoms with Crippen molar-refractivity contribution in [2.24, 2.45) is 0 Å². The summed E-state index contributed by atoms with van der Waals surface area (Å²) in [5, 5.41) is 10.1. The smallest absolute Gasteiger partial charge is 0.196 e. The summed E-state index contributed by atoms with van der Waals surface area (Å²) in [5.41, 5.74) is 1.59. The lowest BCUT2D eigenvalue weighted by Crippen LogP contribution is -2.12. The van der Waals surface area contributed by atoms with Crippen molar-refractivity contribution < 1.29 is 19.4 Å². The largest absolute Gasteiger partial charge is 0.507 e. The minimum atomic E-state index is -0.255. The first kappa shape index (κ1) is 16.9. The Kier molecular flexibility index (Phi) is 4.64. The Bertz CT molecular complexity index is 727. The number of ether oxygens (including phenoxy) is 2. The maximum absolute atomic E-state index is 12.8. The third-order valence-corrected chi connectivity index (χ3v) is 3.75. The van der Waals surface area contributed by atoms with E-state index in [9.17, 15) is 9.90 Å². The highest BCUT2D eigenvalue weighted by Crippen LogP contribution is 2.32. The highest BCUT2D eigenvalue weighted by atomic mass is 16.5. The van der Waals surface area contributed by atoms with Gasteiger partial charge in [0, 0.05) is 5.56 Å². The third-order valence-electron chi connectivity index (χ3n) is 3.75. The van der Waals surface area contributed by atoms with Crippen LogP contribution in [0, 0.1) is 0 Å². The number of benzene rings is 2. The maximum atomic E-state index is 12.8. The summed E-state index contributed by atoms with van der Waals surface area (Å²) in [5.74, 6) is 0.744. The van der Waals surface area contributed by atoms with Crippen LogP contribution in [0.3, 0.4) is 0 Å². The summed E-state index contributed by atoms with van der Waals surface area (Å²) in [6.45, 7) is 6.18. The molecule has 0 atom stereocenters. The van der Waals surface area contributed by atoms with Gasteiger partial charge in [-0.3, -0.25) is 4.79 Å². The molecular formula is C19H22O4. The molecule has 0 saturated carbocycles. The second kappa shape index (κ2) is 6.32. The average Bonchev–Trinajstić information content (AvgIpc) is 2.52. The van der Waals surface area contributed by atoms with Crippen molar-refractivity contribution in [1.29, 1.82) is 0 Å². The summed E-state index contributed by atoms with van der Waals surface area (Å²) in [6, 6.07) is 10.1. The lowest BCUT2D eigenvalue weighted by molar-refractivity contribution is 0.103. The average molecular weight is 314 g/mol. The molecule has 4 nitrogen and oxygen atoms in total. The van der Waals surface area contributed by atoms with Crippen LogP contribution in [0.5, 0.6) is 17.2 Å². The first-order valence-corrected chi connectivity index (χ1v) is 7.38. The van der Waals surface area contributed by atoms with Crippen LogP contribution in [-0.4, -0.2) is 25.1 Å². The minimum absolute atomic E-state index is 0.0298. The van der Waals surface area contributed by atoms with E-state index in [0.717, 1.165) is 5.56 Å². The van der Waals surface area contributed by atoms with Crippen LogP contribution >= 0.6 is 0 Å². The molecule has 0 heterocycles. The van der Waals surface area contributed by atoms with Gasteiger partial charge in [0.15, 0.2) is 17.3 Å². The molecule has 0 aliphatic heterocycles. The second-order valence-electron chi connectivity index (χ2n) is 6.38. The minimum Gasteiger partial charge on any atom is -0.507 e. The fourth-order valence-electron chi connectivity index (χ4n) is 2.32. The monoisotopic (exact) mass is 314 g/mol. The van der Waals surface area contributed by atoms with Crippen molar-refractivity contribution >= 4 is 5.78 Å². The Balaban J connectivity index is 2.48. The lowest BCUT2D eigenvalue weighted by atomic mass is 9.85. The number of rotatable bonds is 4. The Morgan fingerprint density at radius 2 is 1.61 bits per heavy atom. The van der Waals surface area contributed by atoms with Crippen molar-refractivity contribution in [3.05, 3.63) is 53.1 Å².